The van der Waals surface area contributed by atoms with Crippen LogP contribution in [0.5, 0.6) is 0 Å². The molecule has 1 rings (SSSR count). The highest BCUT2D eigenvalue weighted by atomic mass is 31.1. The van der Waals surface area contributed by atoms with Crippen LogP contribution in [0.25, 0.3) is 0 Å². The van der Waals surface area contributed by atoms with Crippen LogP contribution >= 0.6 is 7.92 Å². The van der Waals surface area contributed by atoms with Crippen LogP contribution in [0.1, 0.15) is 33.1 Å². The molecule has 1 aliphatic heterocycles. The second-order valence-electron chi connectivity index (χ2n) is 4.46. The Morgan fingerprint density at radius 3 is 2.69 bits per heavy atom. The van der Waals surface area contributed by atoms with Gasteiger partial charge in [0.05, 0.1) is 0 Å². The number of allylic oxidation sites excluding steroid dienone is 2. The summed E-state index contributed by atoms with van der Waals surface area (Å²) in [5.41, 5.74) is 0. The Morgan fingerprint density at radius 2 is 2.15 bits per heavy atom. The molecule has 0 aliphatic carbocycles. The minimum atomic E-state index is 0.414. The van der Waals surface area contributed by atoms with Gasteiger partial charge in [-0.15, -0.1) is 7.92 Å². The van der Waals surface area contributed by atoms with E-state index >= 15 is 0 Å². The monoisotopic (exact) mass is 198 g/mol. The zero-order valence-corrected chi connectivity index (χ0v) is 10.2. The summed E-state index contributed by atoms with van der Waals surface area (Å²) in [6.07, 6.45) is 11.7. The van der Waals surface area contributed by atoms with E-state index in [9.17, 15) is 0 Å². The fourth-order valence-corrected chi connectivity index (χ4v) is 5.11. The van der Waals surface area contributed by atoms with Crippen LogP contribution in [0.2, 0.25) is 0 Å². The van der Waals surface area contributed by atoms with Crippen molar-refractivity contribution in [3.05, 3.63) is 12.2 Å². The zero-order chi connectivity index (χ0) is 9.68. The normalized spacial score (nSPS) is 34.5. The minimum absolute atomic E-state index is 0.414. The highest BCUT2D eigenvalue weighted by Gasteiger charge is 2.27. The summed E-state index contributed by atoms with van der Waals surface area (Å²) in [5.74, 6) is 2.07. The van der Waals surface area contributed by atoms with Crippen LogP contribution in [0.15, 0.2) is 12.2 Å². The molecule has 1 heterocycles. The first-order valence-electron chi connectivity index (χ1n) is 5.53. The van der Waals surface area contributed by atoms with E-state index < -0.39 is 0 Å². The Labute approximate surface area is 84.6 Å². The van der Waals surface area contributed by atoms with Gasteiger partial charge in [-0.3, -0.25) is 0 Å². The maximum Gasteiger partial charge on any atom is -0.0297 e. The average Bonchev–Trinajstić information content (AvgIpc) is 2.39. The maximum absolute atomic E-state index is 2.47. The summed E-state index contributed by atoms with van der Waals surface area (Å²) >= 11 is 0. The van der Waals surface area contributed by atoms with Crippen molar-refractivity contribution in [1.82, 2.24) is 0 Å². The second kappa shape index (κ2) is 5.81. The van der Waals surface area contributed by atoms with Gasteiger partial charge in [-0.05, 0) is 57.0 Å². The van der Waals surface area contributed by atoms with E-state index in [4.69, 9.17) is 0 Å². The maximum atomic E-state index is 2.47. The predicted molar refractivity (Wildman–Crippen MR) is 63.9 cm³/mol. The number of hydrogen-bond acceptors (Lipinski definition) is 0. The van der Waals surface area contributed by atoms with Crippen molar-refractivity contribution in [2.75, 3.05) is 19.0 Å². The SMILES string of the molecule is CC=CCCCC1CP(C)CC1C. The smallest absolute Gasteiger partial charge is 0.0297 e. The lowest BCUT2D eigenvalue weighted by molar-refractivity contribution is 0.413. The predicted octanol–water partition coefficient (Wildman–Crippen LogP) is 4.11. The lowest BCUT2D eigenvalue weighted by Crippen LogP contribution is -2.07. The van der Waals surface area contributed by atoms with E-state index in [1.54, 1.807) is 6.16 Å². The third-order valence-electron chi connectivity index (χ3n) is 3.13. The molecule has 13 heavy (non-hydrogen) atoms. The average molecular weight is 198 g/mol. The van der Waals surface area contributed by atoms with Crippen molar-refractivity contribution in [2.45, 2.75) is 33.1 Å². The molecule has 0 aromatic rings. The van der Waals surface area contributed by atoms with Crippen molar-refractivity contribution in [3.8, 4) is 0 Å². The first-order chi connectivity index (χ1) is 6.24. The van der Waals surface area contributed by atoms with Gasteiger partial charge in [0.15, 0.2) is 0 Å². The Bertz CT molecular complexity index is 163. The Morgan fingerprint density at radius 1 is 1.38 bits per heavy atom. The molecule has 0 amide bonds. The third kappa shape index (κ3) is 3.81. The lowest BCUT2D eigenvalue weighted by atomic mass is 9.93. The van der Waals surface area contributed by atoms with Gasteiger partial charge in [0.25, 0.3) is 0 Å². The molecule has 0 nitrogen and oxygen atoms in total. The van der Waals surface area contributed by atoms with Crippen LogP contribution < -0.4 is 0 Å². The van der Waals surface area contributed by atoms with Gasteiger partial charge in [-0.2, -0.15) is 0 Å². The fraction of sp³-hybridized carbons (Fsp3) is 0.833. The van der Waals surface area contributed by atoms with Gasteiger partial charge in [-0.1, -0.05) is 19.1 Å². The topological polar surface area (TPSA) is 0 Å². The van der Waals surface area contributed by atoms with Crippen molar-refractivity contribution < 1.29 is 0 Å². The first-order valence-corrected chi connectivity index (χ1v) is 7.69. The molecule has 0 N–H and O–H groups in total. The van der Waals surface area contributed by atoms with Crippen LogP contribution in [0.3, 0.4) is 0 Å². The van der Waals surface area contributed by atoms with Crippen molar-refractivity contribution >= 4 is 7.92 Å². The Hall–Kier alpha value is 0.170. The van der Waals surface area contributed by atoms with Crippen molar-refractivity contribution in [3.63, 3.8) is 0 Å². The van der Waals surface area contributed by atoms with Gasteiger partial charge >= 0.3 is 0 Å². The lowest BCUT2D eigenvalue weighted by Gasteiger charge is -2.13. The summed E-state index contributed by atoms with van der Waals surface area (Å²) < 4.78 is 0. The van der Waals surface area contributed by atoms with Crippen molar-refractivity contribution in [2.24, 2.45) is 11.8 Å². The third-order valence-corrected chi connectivity index (χ3v) is 5.42. The molecule has 1 heteroatoms. The molecule has 0 saturated carbocycles. The number of unbranched alkanes of at least 4 members (excludes halogenated alkanes) is 1. The molecular formula is C12H23P. The molecule has 0 aromatic carbocycles. The van der Waals surface area contributed by atoms with E-state index in [-0.39, 0.29) is 0 Å². The quantitative estimate of drug-likeness (QED) is 0.362. The Kier molecular flexibility index (Phi) is 5.02. The standard InChI is InChI=1S/C12H23P/c1-4-5-6-7-8-12-10-13(3)9-11(12)2/h4-5,11-12H,6-10H2,1-3H3. The molecule has 3 atom stereocenters. The van der Waals surface area contributed by atoms with Crippen LogP contribution in [0, 0.1) is 11.8 Å². The van der Waals surface area contributed by atoms with E-state index in [2.05, 4.69) is 32.7 Å². The van der Waals surface area contributed by atoms with Gasteiger partial charge in [0, 0.05) is 0 Å². The van der Waals surface area contributed by atoms with E-state index in [0.29, 0.717) is 7.92 Å². The molecule has 1 aliphatic rings. The number of hydrogen-bond donors (Lipinski definition) is 0. The van der Waals surface area contributed by atoms with Crippen LogP contribution in [0.4, 0.5) is 0 Å². The summed E-state index contributed by atoms with van der Waals surface area (Å²) in [6.45, 7) is 7.04. The first kappa shape index (κ1) is 11.2. The minimum Gasteiger partial charge on any atom is -0.109 e. The largest absolute Gasteiger partial charge is 0.109 e. The summed E-state index contributed by atoms with van der Waals surface area (Å²) in [4.78, 5) is 0. The fourth-order valence-electron chi connectivity index (χ4n) is 2.34. The van der Waals surface area contributed by atoms with E-state index in [1.807, 2.05) is 0 Å². The molecule has 76 valence electrons. The van der Waals surface area contributed by atoms with Gasteiger partial charge in [0.1, 0.15) is 0 Å². The summed E-state index contributed by atoms with van der Waals surface area (Å²) in [5, 5.41) is 0. The molecule has 3 unspecified atom stereocenters. The molecule has 0 radical (unpaired) electrons. The molecule has 0 spiro atoms. The van der Waals surface area contributed by atoms with Crippen LogP contribution in [-0.2, 0) is 0 Å². The highest BCUT2D eigenvalue weighted by Crippen LogP contribution is 2.47. The summed E-state index contributed by atoms with van der Waals surface area (Å²) in [7, 11) is 0.414. The molecular weight excluding hydrogens is 175 g/mol. The zero-order valence-electron chi connectivity index (χ0n) is 9.29. The molecule has 1 saturated heterocycles. The molecule has 0 bridgehead atoms. The molecule has 0 aromatic heterocycles. The van der Waals surface area contributed by atoms with Gasteiger partial charge in [-0.25, -0.2) is 0 Å². The van der Waals surface area contributed by atoms with Crippen LogP contribution in [-0.4, -0.2) is 19.0 Å². The Balaban J connectivity index is 2.14. The van der Waals surface area contributed by atoms with Gasteiger partial charge < -0.3 is 0 Å². The molecule has 1 fully saturated rings. The van der Waals surface area contributed by atoms with Crippen molar-refractivity contribution in [1.29, 1.82) is 0 Å². The second-order valence-corrected chi connectivity index (χ2v) is 6.90. The van der Waals surface area contributed by atoms with E-state index in [0.717, 1.165) is 11.8 Å². The summed E-state index contributed by atoms with van der Waals surface area (Å²) in [6, 6.07) is 0. The van der Waals surface area contributed by atoms with Gasteiger partial charge in [0.2, 0.25) is 0 Å². The number of rotatable bonds is 4. The highest BCUT2D eigenvalue weighted by molar-refractivity contribution is 7.57. The van der Waals surface area contributed by atoms with E-state index in [1.165, 1.54) is 25.4 Å².